The fourth-order valence-electron chi connectivity index (χ4n) is 8.92. The molecule has 3 aliphatic carbocycles. The van der Waals surface area contributed by atoms with E-state index in [2.05, 4.69) is 163 Å². The van der Waals surface area contributed by atoms with Gasteiger partial charge in [-0.25, -0.2) is 4.99 Å². The Kier molecular flexibility index (Phi) is 6.27. The molecular weight excluding hydrogens is 595 g/mol. The minimum Gasteiger partial charge on any atom is -0.314 e. The summed E-state index contributed by atoms with van der Waals surface area (Å²) in [7, 11) is 0. The van der Waals surface area contributed by atoms with Crippen LogP contribution in [0, 0.1) is 5.92 Å². The molecule has 4 aliphatic rings. The zero-order chi connectivity index (χ0) is 32.5. The Hall–Kier alpha value is -5.77. The van der Waals surface area contributed by atoms with Crippen molar-refractivity contribution in [1.82, 2.24) is 4.90 Å². The Balaban J connectivity index is 1.09. The highest BCUT2D eigenvalue weighted by molar-refractivity contribution is 6.02. The van der Waals surface area contributed by atoms with Gasteiger partial charge < -0.3 is 10.6 Å². The molecule has 0 fully saturated rings. The van der Waals surface area contributed by atoms with Crippen molar-refractivity contribution in [3.05, 3.63) is 209 Å². The third-order valence-corrected chi connectivity index (χ3v) is 11.1. The lowest BCUT2D eigenvalue weighted by atomic mass is 9.70. The first-order valence-corrected chi connectivity index (χ1v) is 17.3. The van der Waals surface area contributed by atoms with Crippen LogP contribution >= 0.6 is 0 Å². The maximum absolute atomic E-state index is 7.02. The van der Waals surface area contributed by atoms with E-state index in [0.717, 1.165) is 23.4 Å². The molecule has 0 saturated carbocycles. The van der Waals surface area contributed by atoms with Crippen LogP contribution in [0.2, 0.25) is 0 Å². The van der Waals surface area contributed by atoms with Crippen LogP contribution in [0.1, 0.15) is 51.5 Å². The fraction of sp³-hybridized carbons (Fsp3) is 0.109. The summed E-state index contributed by atoms with van der Waals surface area (Å²) < 4.78 is 0. The summed E-state index contributed by atoms with van der Waals surface area (Å²) in [6.07, 6.45) is 7.63. The van der Waals surface area contributed by atoms with Gasteiger partial charge in [-0.2, -0.15) is 0 Å². The number of aliphatic imine (C=N–C) groups is 1. The molecule has 6 aromatic carbocycles. The molecule has 3 heteroatoms. The van der Waals surface area contributed by atoms with Gasteiger partial charge in [0.25, 0.3) is 0 Å². The van der Waals surface area contributed by atoms with Crippen molar-refractivity contribution in [2.45, 2.75) is 24.2 Å². The van der Waals surface area contributed by atoms with Gasteiger partial charge in [-0.15, -0.1) is 0 Å². The molecule has 10 rings (SSSR count). The average Bonchev–Trinajstić information content (AvgIpc) is 3.62. The van der Waals surface area contributed by atoms with E-state index in [4.69, 9.17) is 10.7 Å². The topological polar surface area (TPSA) is 41.6 Å². The highest BCUT2D eigenvalue weighted by Crippen LogP contribution is 2.62. The summed E-state index contributed by atoms with van der Waals surface area (Å²) in [6, 6.07) is 55.0. The summed E-state index contributed by atoms with van der Waals surface area (Å²) in [6.45, 7) is 0. The molecule has 0 amide bonds. The largest absolute Gasteiger partial charge is 0.314 e. The number of nitrogens with two attached hydrogens (primary N) is 1. The van der Waals surface area contributed by atoms with Gasteiger partial charge >= 0.3 is 0 Å². The van der Waals surface area contributed by atoms with Crippen molar-refractivity contribution in [2.75, 3.05) is 0 Å². The summed E-state index contributed by atoms with van der Waals surface area (Å²) in [5.74, 6) is 1.15. The molecule has 1 aliphatic heterocycles. The quantitative estimate of drug-likeness (QED) is 0.206. The predicted octanol–water partition coefficient (Wildman–Crippen LogP) is 9.74. The lowest BCUT2D eigenvalue weighted by Crippen LogP contribution is -2.56. The van der Waals surface area contributed by atoms with E-state index in [-0.39, 0.29) is 23.7 Å². The molecule has 6 aromatic rings. The molecule has 1 heterocycles. The van der Waals surface area contributed by atoms with Gasteiger partial charge in [0.05, 0.1) is 5.41 Å². The Morgan fingerprint density at radius 1 is 0.592 bits per heavy atom. The van der Waals surface area contributed by atoms with Crippen LogP contribution in [0.5, 0.6) is 0 Å². The number of rotatable bonds is 5. The monoisotopic (exact) mass is 629 g/mol. The summed E-state index contributed by atoms with van der Waals surface area (Å²) >= 11 is 0. The average molecular weight is 630 g/mol. The molecule has 3 unspecified atom stereocenters. The van der Waals surface area contributed by atoms with Gasteiger partial charge in [0.15, 0.2) is 0 Å². The first-order valence-electron chi connectivity index (χ1n) is 17.3. The third kappa shape index (κ3) is 4.03. The smallest absolute Gasteiger partial charge is 0.136 e. The van der Waals surface area contributed by atoms with E-state index in [0.29, 0.717) is 0 Å². The first kappa shape index (κ1) is 28.3. The van der Waals surface area contributed by atoms with Crippen LogP contribution in [-0.2, 0) is 5.41 Å². The van der Waals surface area contributed by atoms with Gasteiger partial charge in [0.2, 0.25) is 0 Å². The summed E-state index contributed by atoms with van der Waals surface area (Å²) in [5.41, 5.74) is 22.1. The molecule has 3 atom stereocenters. The number of hydrogen-bond acceptors (Lipinski definition) is 3. The number of allylic oxidation sites excluding steroid dienone is 3. The van der Waals surface area contributed by atoms with Gasteiger partial charge in [-0.1, -0.05) is 164 Å². The lowest BCUT2D eigenvalue weighted by molar-refractivity contribution is 0.166. The minimum absolute atomic E-state index is 0.0519. The van der Waals surface area contributed by atoms with Crippen LogP contribution in [0.15, 0.2) is 175 Å². The second-order valence-corrected chi connectivity index (χ2v) is 13.6. The van der Waals surface area contributed by atoms with Crippen molar-refractivity contribution in [3.63, 3.8) is 0 Å². The standard InChI is InChI=1S/C46H35N3/c47-43(30-14-3-1-4-15-30)49-44(31-16-5-2-6-17-31)48-45(49)34-19-13-18-32(28-34)33-26-27-38-37-22-9-12-25-41(37)46(42(38)29-33)39-23-10-7-20-35(39)36-21-8-11-24-40(36)46/h1-18,20-29,34,43,45H,19,47H2. The second kappa shape index (κ2) is 10.9. The Labute approximate surface area is 287 Å². The zero-order valence-corrected chi connectivity index (χ0v) is 27.1. The zero-order valence-electron chi connectivity index (χ0n) is 27.1. The van der Waals surface area contributed by atoms with Crippen molar-refractivity contribution in [1.29, 1.82) is 0 Å². The number of hydrogen-bond donors (Lipinski definition) is 1. The summed E-state index contributed by atoms with van der Waals surface area (Å²) in [4.78, 5) is 7.57. The van der Waals surface area contributed by atoms with Crippen molar-refractivity contribution >= 4 is 11.4 Å². The van der Waals surface area contributed by atoms with Crippen LogP contribution in [0.4, 0.5) is 0 Å². The molecule has 0 saturated heterocycles. The minimum atomic E-state index is -0.352. The molecular formula is C46H35N3. The van der Waals surface area contributed by atoms with Crippen molar-refractivity contribution in [3.8, 4) is 22.3 Å². The van der Waals surface area contributed by atoms with Gasteiger partial charge in [-0.05, 0) is 73.7 Å². The SMILES string of the molecule is NC(c1ccccc1)N1C(c2ccccc2)=NC1C1C=C(c2ccc3c(c2)C2(c4ccccc4-c4ccccc42)c2ccccc2-3)C=CC1. The van der Waals surface area contributed by atoms with E-state index >= 15 is 0 Å². The van der Waals surface area contributed by atoms with E-state index < -0.39 is 0 Å². The number of benzene rings is 6. The van der Waals surface area contributed by atoms with Crippen LogP contribution in [-0.4, -0.2) is 16.9 Å². The molecule has 3 nitrogen and oxygen atoms in total. The molecule has 0 radical (unpaired) electrons. The van der Waals surface area contributed by atoms with Crippen molar-refractivity contribution in [2.24, 2.45) is 16.6 Å². The maximum atomic E-state index is 7.02. The molecule has 0 bridgehead atoms. The Bertz CT molecular complexity index is 2290. The molecule has 49 heavy (non-hydrogen) atoms. The summed E-state index contributed by atoms with van der Waals surface area (Å²) in [5, 5.41) is 0. The fourth-order valence-corrected chi connectivity index (χ4v) is 8.92. The van der Waals surface area contributed by atoms with Crippen LogP contribution < -0.4 is 5.73 Å². The maximum Gasteiger partial charge on any atom is 0.136 e. The van der Waals surface area contributed by atoms with E-state index in [1.54, 1.807) is 0 Å². The molecule has 234 valence electrons. The number of amidine groups is 1. The number of nitrogens with zero attached hydrogens (tertiary/aromatic N) is 2. The van der Waals surface area contributed by atoms with E-state index in [9.17, 15) is 0 Å². The third-order valence-electron chi connectivity index (χ3n) is 11.1. The highest BCUT2D eigenvalue weighted by atomic mass is 15.4. The van der Waals surface area contributed by atoms with Crippen molar-refractivity contribution < 1.29 is 0 Å². The first-order chi connectivity index (χ1) is 24.2. The highest BCUT2D eigenvalue weighted by Gasteiger charge is 2.51. The molecule has 1 spiro atoms. The Morgan fingerprint density at radius 2 is 1.14 bits per heavy atom. The van der Waals surface area contributed by atoms with Gasteiger partial charge in [0, 0.05) is 11.5 Å². The molecule has 2 N–H and O–H groups in total. The molecule has 0 aromatic heterocycles. The second-order valence-electron chi connectivity index (χ2n) is 13.6. The number of fused-ring (bicyclic) bond motifs is 10. The van der Waals surface area contributed by atoms with Crippen LogP contribution in [0.25, 0.3) is 27.8 Å². The van der Waals surface area contributed by atoms with Gasteiger partial charge in [-0.3, -0.25) is 0 Å². The predicted molar refractivity (Wildman–Crippen MR) is 200 cm³/mol. The Morgan fingerprint density at radius 3 is 1.78 bits per heavy atom. The van der Waals surface area contributed by atoms with E-state index in [1.165, 1.54) is 55.6 Å². The van der Waals surface area contributed by atoms with E-state index in [1.807, 2.05) is 12.1 Å². The normalized spacial score (nSPS) is 19.7. The van der Waals surface area contributed by atoms with Crippen LogP contribution in [0.3, 0.4) is 0 Å². The lowest BCUT2D eigenvalue weighted by Gasteiger charge is -2.47. The van der Waals surface area contributed by atoms with Gasteiger partial charge in [0.1, 0.15) is 18.2 Å².